The first-order valence-corrected chi connectivity index (χ1v) is 12.3. The highest BCUT2D eigenvalue weighted by Gasteiger charge is 2.20. The van der Waals surface area contributed by atoms with Crippen LogP contribution in [0.5, 0.6) is 0 Å². The third kappa shape index (κ3) is 6.87. The number of nitrogens with zero attached hydrogens (tertiary/aromatic N) is 2. The van der Waals surface area contributed by atoms with Crippen LogP contribution < -0.4 is 15.4 Å². The molecule has 3 rings (SSSR count). The Morgan fingerprint density at radius 3 is 2.28 bits per heavy atom. The van der Waals surface area contributed by atoms with E-state index in [1.807, 2.05) is 23.7 Å². The van der Waals surface area contributed by atoms with Crippen molar-refractivity contribution in [1.82, 2.24) is 9.62 Å². The van der Waals surface area contributed by atoms with Crippen molar-refractivity contribution in [2.75, 3.05) is 37.8 Å². The van der Waals surface area contributed by atoms with Crippen molar-refractivity contribution in [3.8, 4) is 0 Å². The van der Waals surface area contributed by atoms with Gasteiger partial charge in [0, 0.05) is 36.0 Å². The van der Waals surface area contributed by atoms with Crippen molar-refractivity contribution >= 4 is 38.9 Å². The zero-order valence-corrected chi connectivity index (χ0v) is 20.4. The number of carbonyl (C=O) groups excluding carboxylic acids is 2. The van der Waals surface area contributed by atoms with Crippen LogP contribution in [0.2, 0.25) is 0 Å². The van der Waals surface area contributed by atoms with E-state index in [2.05, 4.69) is 10.6 Å². The third-order valence-corrected chi connectivity index (χ3v) is 6.34. The van der Waals surface area contributed by atoms with Gasteiger partial charge in [-0.05, 0) is 56.6 Å². The monoisotopic (exact) mass is 511 g/mol. The smallest absolute Gasteiger partial charge is 0.293 e. The number of benzene rings is 3. The Labute approximate surface area is 208 Å². The minimum absolute atomic E-state index is 0.00118. The Bertz CT molecular complexity index is 1380. The molecule has 0 aliphatic rings. The van der Waals surface area contributed by atoms with E-state index in [1.54, 1.807) is 6.07 Å². The first-order valence-electron chi connectivity index (χ1n) is 10.8. The van der Waals surface area contributed by atoms with Crippen molar-refractivity contribution in [2.45, 2.75) is 4.90 Å². The summed E-state index contributed by atoms with van der Waals surface area (Å²) in [5, 5.41) is 17.1. The maximum atomic E-state index is 12.7. The van der Waals surface area contributed by atoms with Gasteiger partial charge in [-0.15, -0.1) is 0 Å². The van der Waals surface area contributed by atoms with Crippen LogP contribution in [0.3, 0.4) is 0 Å². The van der Waals surface area contributed by atoms with Crippen molar-refractivity contribution in [1.29, 1.82) is 0 Å². The Morgan fingerprint density at radius 2 is 1.61 bits per heavy atom. The lowest BCUT2D eigenvalue weighted by atomic mass is 10.1. The lowest BCUT2D eigenvalue weighted by Crippen LogP contribution is -2.30. The number of carbonyl (C=O) groups is 2. The van der Waals surface area contributed by atoms with Gasteiger partial charge >= 0.3 is 0 Å². The van der Waals surface area contributed by atoms with Gasteiger partial charge in [-0.25, -0.2) is 13.1 Å². The van der Waals surface area contributed by atoms with Crippen molar-refractivity contribution in [3.63, 3.8) is 0 Å². The third-order valence-electron chi connectivity index (χ3n) is 4.99. The topological polar surface area (TPSA) is 151 Å². The summed E-state index contributed by atoms with van der Waals surface area (Å²) in [5.41, 5.74) is 0.290. The molecule has 0 aliphatic heterocycles. The fraction of sp³-hybridized carbons (Fsp3) is 0.167. The summed E-state index contributed by atoms with van der Waals surface area (Å²) in [6.07, 6.45) is 0. The fourth-order valence-corrected chi connectivity index (χ4v) is 4.16. The number of hydrogen-bond acceptors (Lipinski definition) is 8. The van der Waals surface area contributed by atoms with Crippen LogP contribution in [0, 0.1) is 10.1 Å². The van der Waals surface area contributed by atoms with Crippen LogP contribution >= 0.6 is 0 Å². The Hall–Kier alpha value is -4.29. The molecule has 2 amide bonds. The average Bonchev–Trinajstić information content (AvgIpc) is 2.84. The zero-order chi connectivity index (χ0) is 26.3. The molecule has 0 heterocycles. The van der Waals surface area contributed by atoms with E-state index in [1.165, 1.54) is 60.7 Å². The maximum Gasteiger partial charge on any atom is 0.293 e. The van der Waals surface area contributed by atoms with Gasteiger partial charge in [-0.3, -0.25) is 19.7 Å². The molecule has 0 saturated carbocycles. The number of anilines is 2. The molecular weight excluding hydrogens is 486 g/mol. The number of sulfonamides is 1. The predicted molar refractivity (Wildman–Crippen MR) is 136 cm³/mol. The molecule has 0 saturated heterocycles. The Balaban J connectivity index is 1.73. The normalized spacial score (nSPS) is 11.1. The molecule has 12 heteroatoms. The number of rotatable bonds is 10. The molecule has 0 spiro atoms. The van der Waals surface area contributed by atoms with E-state index < -0.39 is 26.8 Å². The van der Waals surface area contributed by atoms with Gasteiger partial charge in [0.25, 0.3) is 27.5 Å². The lowest BCUT2D eigenvalue weighted by molar-refractivity contribution is -0.384. The standard InChI is InChI=1S/C24H25N5O6S/c1-28(2)14-13-25-21-12-11-18(16-22(21)29(32)33)23(30)26-19-8-6-7-17(15-19)24(31)27-36(34,35)20-9-4-3-5-10-20/h3-12,15-16,25H,13-14H2,1-2H3,(H,26,30)(H,27,31). The van der Waals surface area contributed by atoms with Gasteiger partial charge in [0.05, 0.1) is 9.82 Å². The predicted octanol–water partition coefficient (Wildman–Crippen LogP) is 2.94. The molecular formula is C24H25N5O6S. The SMILES string of the molecule is CN(C)CCNc1ccc(C(=O)Nc2cccc(C(=O)NS(=O)(=O)c3ccccc3)c2)cc1[N+](=O)[O-]. The minimum atomic E-state index is -4.07. The van der Waals surface area contributed by atoms with Gasteiger partial charge in [-0.2, -0.15) is 0 Å². The quantitative estimate of drug-likeness (QED) is 0.278. The molecule has 3 aromatic carbocycles. The minimum Gasteiger partial charge on any atom is -0.378 e. The van der Waals surface area contributed by atoms with Crippen LogP contribution in [-0.2, 0) is 10.0 Å². The van der Waals surface area contributed by atoms with Crippen LogP contribution in [0.1, 0.15) is 20.7 Å². The lowest BCUT2D eigenvalue weighted by Gasteiger charge is -2.12. The van der Waals surface area contributed by atoms with Gasteiger partial charge < -0.3 is 15.5 Å². The van der Waals surface area contributed by atoms with Gasteiger partial charge in [0.2, 0.25) is 0 Å². The van der Waals surface area contributed by atoms with Crippen molar-refractivity contribution < 1.29 is 22.9 Å². The van der Waals surface area contributed by atoms with Crippen LogP contribution in [-0.4, -0.2) is 57.2 Å². The summed E-state index contributed by atoms with van der Waals surface area (Å²) in [7, 11) is -0.316. The second-order valence-corrected chi connectivity index (χ2v) is 9.68. The number of nitrogens with one attached hydrogen (secondary N) is 3. The molecule has 0 unspecified atom stereocenters. The number of likely N-dealkylation sites (N-methyl/N-ethyl adjacent to an activating group) is 1. The van der Waals surface area contributed by atoms with Gasteiger partial charge in [0.15, 0.2) is 0 Å². The Morgan fingerprint density at radius 1 is 0.917 bits per heavy atom. The molecule has 188 valence electrons. The summed E-state index contributed by atoms with van der Waals surface area (Å²) in [5.74, 6) is -1.51. The zero-order valence-electron chi connectivity index (χ0n) is 19.6. The molecule has 0 atom stereocenters. The van der Waals surface area contributed by atoms with Crippen LogP contribution in [0.15, 0.2) is 77.7 Å². The molecule has 0 fully saturated rings. The van der Waals surface area contributed by atoms with E-state index in [0.717, 1.165) is 6.07 Å². The number of hydrogen-bond donors (Lipinski definition) is 3. The van der Waals surface area contributed by atoms with E-state index in [0.29, 0.717) is 13.1 Å². The number of amides is 2. The summed E-state index contributed by atoms with van der Waals surface area (Å²) < 4.78 is 26.8. The van der Waals surface area contributed by atoms with Crippen LogP contribution in [0.4, 0.5) is 17.1 Å². The van der Waals surface area contributed by atoms with E-state index in [4.69, 9.17) is 0 Å². The van der Waals surface area contributed by atoms with Crippen molar-refractivity contribution in [3.05, 3.63) is 94.0 Å². The highest BCUT2D eigenvalue weighted by molar-refractivity contribution is 7.90. The second-order valence-electron chi connectivity index (χ2n) is 8.00. The van der Waals surface area contributed by atoms with Gasteiger partial charge in [-0.1, -0.05) is 24.3 Å². The Kier molecular flexibility index (Phi) is 8.35. The highest BCUT2D eigenvalue weighted by atomic mass is 32.2. The molecule has 3 aromatic rings. The van der Waals surface area contributed by atoms with Gasteiger partial charge in [0.1, 0.15) is 5.69 Å². The maximum absolute atomic E-state index is 12.7. The van der Waals surface area contributed by atoms with E-state index in [9.17, 15) is 28.1 Å². The summed E-state index contributed by atoms with van der Waals surface area (Å²) >= 11 is 0. The second kappa shape index (κ2) is 11.4. The van der Waals surface area contributed by atoms with Crippen LogP contribution in [0.25, 0.3) is 0 Å². The highest BCUT2D eigenvalue weighted by Crippen LogP contribution is 2.26. The first kappa shape index (κ1) is 26.3. The van der Waals surface area contributed by atoms with Crippen molar-refractivity contribution in [2.24, 2.45) is 0 Å². The number of nitro benzene ring substituents is 1. The average molecular weight is 512 g/mol. The largest absolute Gasteiger partial charge is 0.378 e. The molecule has 3 N–H and O–H groups in total. The molecule has 0 bridgehead atoms. The molecule has 11 nitrogen and oxygen atoms in total. The van der Waals surface area contributed by atoms with E-state index in [-0.39, 0.29) is 33.1 Å². The number of nitro groups is 1. The first-order chi connectivity index (χ1) is 17.1. The molecule has 0 aliphatic carbocycles. The summed E-state index contributed by atoms with van der Waals surface area (Å²) in [6.45, 7) is 1.14. The molecule has 0 aromatic heterocycles. The summed E-state index contributed by atoms with van der Waals surface area (Å²) in [6, 6.07) is 17.2. The van der Waals surface area contributed by atoms with E-state index >= 15 is 0 Å². The molecule has 36 heavy (non-hydrogen) atoms. The molecule has 0 radical (unpaired) electrons. The fourth-order valence-electron chi connectivity index (χ4n) is 3.17. The summed E-state index contributed by atoms with van der Waals surface area (Å²) in [4.78, 5) is 38.1.